The van der Waals surface area contributed by atoms with Gasteiger partial charge in [-0.25, -0.2) is 0 Å². The molecule has 2 rings (SSSR count). The Bertz CT molecular complexity index is 848. The van der Waals surface area contributed by atoms with Gasteiger partial charge in [0.1, 0.15) is 6.54 Å². The summed E-state index contributed by atoms with van der Waals surface area (Å²) >= 11 is 6.96. The summed E-state index contributed by atoms with van der Waals surface area (Å²) in [7, 11) is 0. The number of Topliss-reactive ketones (excluding diaryl/α,β-unsaturated/α-hetero) is 1. The van der Waals surface area contributed by atoms with Crippen molar-refractivity contribution in [2.75, 3.05) is 13.2 Å². The SMILES string of the molecule is CC(=O)NCc1ccc(C(=O)COC(=O)CNC(=O)c2ccc(Cl)cc2)s1. The maximum Gasteiger partial charge on any atom is 0.325 e. The molecule has 0 aliphatic rings. The van der Waals surface area contributed by atoms with E-state index in [0.717, 1.165) is 4.88 Å². The second-order valence-electron chi connectivity index (χ2n) is 5.45. The quantitative estimate of drug-likeness (QED) is 0.515. The molecule has 0 atom stereocenters. The third-order valence-electron chi connectivity index (χ3n) is 3.31. The fraction of sp³-hybridized carbons (Fsp3) is 0.222. The van der Waals surface area contributed by atoms with Crippen molar-refractivity contribution >= 4 is 46.5 Å². The Morgan fingerprint density at radius 1 is 1.04 bits per heavy atom. The first-order valence-corrected chi connectivity index (χ1v) is 9.10. The Kier molecular flexibility index (Phi) is 7.51. The lowest BCUT2D eigenvalue weighted by Gasteiger charge is -2.06. The van der Waals surface area contributed by atoms with E-state index in [1.54, 1.807) is 24.3 Å². The normalized spacial score (nSPS) is 10.1. The number of carbonyl (C=O) groups excluding carboxylic acids is 4. The third-order valence-corrected chi connectivity index (χ3v) is 4.69. The van der Waals surface area contributed by atoms with E-state index in [1.807, 2.05) is 0 Å². The van der Waals surface area contributed by atoms with Gasteiger partial charge in [-0.15, -0.1) is 11.3 Å². The van der Waals surface area contributed by atoms with Crippen LogP contribution in [0, 0.1) is 0 Å². The molecule has 9 heteroatoms. The summed E-state index contributed by atoms with van der Waals surface area (Å²) < 4.78 is 4.88. The first-order chi connectivity index (χ1) is 12.8. The molecule has 1 heterocycles. The third kappa shape index (κ3) is 6.84. The molecule has 0 fully saturated rings. The molecule has 2 aromatic rings. The number of benzene rings is 1. The Labute approximate surface area is 164 Å². The van der Waals surface area contributed by atoms with Crippen molar-refractivity contribution in [3.63, 3.8) is 0 Å². The topological polar surface area (TPSA) is 102 Å². The van der Waals surface area contributed by atoms with Crippen LogP contribution in [0.1, 0.15) is 31.8 Å². The van der Waals surface area contributed by atoms with Gasteiger partial charge in [0.05, 0.1) is 11.4 Å². The average Bonchev–Trinajstić information content (AvgIpc) is 3.12. The van der Waals surface area contributed by atoms with Crippen molar-refractivity contribution in [3.8, 4) is 0 Å². The van der Waals surface area contributed by atoms with Crippen molar-refractivity contribution in [2.45, 2.75) is 13.5 Å². The van der Waals surface area contributed by atoms with Gasteiger partial charge in [-0.2, -0.15) is 0 Å². The molecule has 0 saturated carbocycles. The molecule has 7 nitrogen and oxygen atoms in total. The number of ketones is 1. The fourth-order valence-electron chi connectivity index (χ4n) is 1.96. The summed E-state index contributed by atoms with van der Waals surface area (Å²) in [6.45, 7) is 0.970. The van der Waals surface area contributed by atoms with E-state index in [-0.39, 0.29) is 18.2 Å². The van der Waals surface area contributed by atoms with Crippen LogP contribution >= 0.6 is 22.9 Å². The maximum atomic E-state index is 12.0. The Balaban J connectivity index is 1.74. The first kappa shape index (κ1) is 20.6. The van der Waals surface area contributed by atoms with E-state index < -0.39 is 18.5 Å². The van der Waals surface area contributed by atoms with E-state index in [9.17, 15) is 19.2 Å². The smallest absolute Gasteiger partial charge is 0.325 e. The number of halogens is 1. The van der Waals surface area contributed by atoms with Gasteiger partial charge in [0.25, 0.3) is 5.91 Å². The second-order valence-corrected chi connectivity index (χ2v) is 7.05. The molecule has 2 N–H and O–H groups in total. The number of esters is 1. The van der Waals surface area contributed by atoms with Crippen molar-refractivity contribution in [1.82, 2.24) is 10.6 Å². The molecule has 0 spiro atoms. The highest BCUT2D eigenvalue weighted by atomic mass is 35.5. The summed E-state index contributed by atoms with van der Waals surface area (Å²) in [6.07, 6.45) is 0. The van der Waals surface area contributed by atoms with Gasteiger partial charge in [0.2, 0.25) is 11.7 Å². The summed E-state index contributed by atoms with van der Waals surface area (Å²) in [5.74, 6) is -1.69. The number of thiophene rings is 1. The number of rotatable bonds is 8. The van der Waals surface area contributed by atoms with Crippen LogP contribution in [-0.2, 0) is 20.9 Å². The molecular formula is C18H17ClN2O5S. The Morgan fingerprint density at radius 3 is 2.41 bits per heavy atom. The summed E-state index contributed by atoms with van der Waals surface area (Å²) in [4.78, 5) is 47.7. The molecule has 0 bridgehead atoms. The molecule has 2 amide bonds. The molecule has 27 heavy (non-hydrogen) atoms. The number of carbonyl (C=O) groups is 4. The lowest BCUT2D eigenvalue weighted by atomic mass is 10.2. The zero-order valence-electron chi connectivity index (χ0n) is 14.4. The van der Waals surface area contributed by atoms with Crippen LogP contribution in [0.2, 0.25) is 5.02 Å². The standard InChI is InChI=1S/C18H17ClN2O5S/c1-11(22)20-8-14-6-7-16(27-14)15(23)10-26-17(24)9-21-18(25)12-2-4-13(19)5-3-12/h2-7H,8-10H2,1H3,(H,20,22)(H,21,25). The number of hydrogen-bond acceptors (Lipinski definition) is 6. The van der Waals surface area contributed by atoms with Crippen LogP contribution in [0.3, 0.4) is 0 Å². The van der Waals surface area contributed by atoms with E-state index in [2.05, 4.69) is 10.6 Å². The molecule has 0 radical (unpaired) electrons. The summed E-state index contributed by atoms with van der Waals surface area (Å²) in [6, 6.07) is 9.52. The molecule has 142 valence electrons. The molecule has 0 aliphatic carbocycles. The van der Waals surface area contributed by atoms with E-state index in [4.69, 9.17) is 16.3 Å². The maximum absolute atomic E-state index is 12.0. The Morgan fingerprint density at radius 2 is 1.74 bits per heavy atom. The van der Waals surface area contributed by atoms with Gasteiger partial charge in [-0.05, 0) is 36.4 Å². The first-order valence-electron chi connectivity index (χ1n) is 7.91. The van der Waals surface area contributed by atoms with Crippen molar-refractivity contribution in [1.29, 1.82) is 0 Å². The lowest BCUT2D eigenvalue weighted by Crippen LogP contribution is -2.31. The van der Waals surface area contributed by atoms with Gasteiger partial charge in [0, 0.05) is 22.4 Å². The zero-order chi connectivity index (χ0) is 19.8. The highest BCUT2D eigenvalue weighted by Crippen LogP contribution is 2.17. The van der Waals surface area contributed by atoms with Crippen LogP contribution in [-0.4, -0.2) is 36.7 Å². The lowest BCUT2D eigenvalue weighted by molar-refractivity contribution is -0.141. The average molecular weight is 409 g/mol. The number of hydrogen-bond donors (Lipinski definition) is 2. The molecule has 0 aliphatic heterocycles. The largest absolute Gasteiger partial charge is 0.456 e. The predicted octanol–water partition coefficient (Wildman–Crippen LogP) is 2.19. The fourth-order valence-corrected chi connectivity index (χ4v) is 2.96. The van der Waals surface area contributed by atoms with E-state index in [0.29, 0.717) is 22.0 Å². The number of nitrogens with one attached hydrogen (secondary N) is 2. The molecule has 0 saturated heterocycles. The minimum Gasteiger partial charge on any atom is -0.456 e. The summed E-state index contributed by atoms with van der Waals surface area (Å²) in [5, 5.41) is 5.54. The molecular weight excluding hydrogens is 392 g/mol. The van der Waals surface area contributed by atoms with Crippen molar-refractivity contribution < 1.29 is 23.9 Å². The van der Waals surface area contributed by atoms with Gasteiger partial charge >= 0.3 is 5.97 Å². The van der Waals surface area contributed by atoms with E-state index in [1.165, 1.54) is 30.4 Å². The summed E-state index contributed by atoms with van der Waals surface area (Å²) in [5.41, 5.74) is 0.355. The number of amides is 2. The van der Waals surface area contributed by atoms with Crippen LogP contribution < -0.4 is 10.6 Å². The minimum atomic E-state index is -0.722. The van der Waals surface area contributed by atoms with Gasteiger partial charge in [-0.3, -0.25) is 19.2 Å². The molecule has 1 aromatic carbocycles. The van der Waals surface area contributed by atoms with Gasteiger partial charge in [-0.1, -0.05) is 11.6 Å². The number of ether oxygens (including phenoxy) is 1. The Hall–Kier alpha value is -2.71. The highest BCUT2D eigenvalue weighted by molar-refractivity contribution is 7.14. The molecule has 0 unspecified atom stereocenters. The van der Waals surface area contributed by atoms with Crippen LogP contribution in [0.25, 0.3) is 0 Å². The monoisotopic (exact) mass is 408 g/mol. The highest BCUT2D eigenvalue weighted by Gasteiger charge is 2.14. The molecule has 1 aromatic heterocycles. The van der Waals surface area contributed by atoms with Crippen LogP contribution in [0.4, 0.5) is 0 Å². The van der Waals surface area contributed by atoms with Crippen LogP contribution in [0.15, 0.2) is 36.4 Å². The second kappa shape index (κ2) is 9.84. The van der Waals surface area contributed by atoms with Crippen LogP contribution in [0.5, 0.6) is 0 Å². The van der Waals surface area contributed by atoms with Gasteiger partial charge in [0.15, 0.2) is 6.61 Å². The van der Waals surface area contributed by atoms with E-state index >= 15 is 0 Å². The van der Waals surface area contributed by atoms with Crippen molar-refractivity contribution in [3.05, 3.63) is 56.7 Å². The zero-order valence-corrected chi connectivity index (χ0v) is 16.0. The van der Waals surface area contributed by atoms with Gasteiger partial charge < -0.3 is 15.4 Å². The van der Waals surface area contributed by atoms with Crippen molar-refractivity contribution in [2.24, 2.45) is 0 Å². The minimum absolute atomic E-state index is 0.161. The predicted molar refractivity (Wildman–Crippen MR) is 101 cm³/mol.